The number of halogens is 3. The lowest BCUT2D eigenvalue weighted by molar-refractivity contribution is -0.137. The van der Waals surface area contributed by atoms with Gasteiger partial charge in [-0.3, -0.25) is 9.59 Å². The summed E-state index contributed by atoms with van der Waals surface area (Å²) >= 11 is 0. The fourth-order valence-corrected chi connectivity index (χ4v) is 4.17. The first-order chi connectivity index (χ1) is 18.6. The highest BCUT2D eigenvalue weighted by Gasteiger charge is 2.39. The van der Waals surface area contributed by atoms with Gasteiger partial charge in [-0.05, 0) is 56.6 Å². The van der Waals surface area contributed by atoms with Crippen molar-refractivity contribution in [3.8, 4) is 5.75 Å². The van der Waals surface area contributed by atoms with Crippen LogP contribution in [0.3, 0.4) is 0 Å². The molecule has 4 rings (SSSR count). The Labute approximate surface area is 222 Å². The van der Waals surface area contributed by atoms with E-state index in [2.05, 4.69) is 36.2 Å². The van der Waals surface area contributed by atoms with Crippen LogP contribution in [0.1, 0.15) is 41.4 Å². The topological polar surface area (TPSA) is 130 Å². The number of carbonyl (C=O) groups is 2. The minimum atomic E-state index is -4.69. The molecule has 0 spiro atoms. The molecule has 1 amide bonds. The molecule has 4 N–H and O–H groups in total. The molecule has 10 nitrogen and oxygen atoms in total. The zero-order chi connectivity index (χ0) is 28.0. The molecule has 1 fully saturated rings. The van der Waals surface area contributed by atoms with Gasteiger partial charge in [0.25, 0.3) is 5.91 Å². The molecule has 0 aliphatic carbocycles. The fraction of sp³-hybridized carbons (Fsp3) is 0.346. The number of aromatic nitrogens is 3. The van der Waals surface area contributed by atoms with Gasteiger partial charge < -0.3 is 26.0 Å². The van der Waals surface area contributed by atoms with E-state index in [-0.39, 0.29) is 41.8 Å². The number of benzene rings is 1. The SMILES string of the molecule is CNc1nccc(CNc2ncccc2C(=O)Nc2cc(OC[C@@]3(C(C)=O)CCCN3)cc(C(F)(F)F)c2)n1. The molecule has 0 saturated carbocycles. The number of ketones is 1. The molecule has 0 unspecified atom stereocenters. The Balaban J connectivity index is 1.53. The van der Waals surface area contributed by atoms with Gasteiger partial charge in [0.1, 0.15) is 23.7 Å². The first-order valence-corrected chi connectivity index (χ1v) is 12.2. The van der Waals surface area contributed by atoms with Crippen LogP contribution in [-0.4, -0.2) is 52.4 Å². The van der Waals surface area contributed by atoms with E-state index >= 15 is 0 Å². The Kier molecular flexibility index (Phi) is 8.29. The number of nitrogens with zero attached hydrogens (tertiary/aromatic N) is 3. The Morgan fingerprint density at radius 1 is 1.15 bits per heavy atom. The molecule has 0 bridgehead atoms. The summed E-state index contributed by atoms with van der Waals surface area (Å²) in [6, 6.07) is 7.69. The molecule has 1 aromatic carbocycles. The number of alkyl halides is 3. The summed E-state index contributed by atoms with van der Waals surface area (Å²) in [5.41, 5.74) is -1.33. The van der Waals surface area contributed by atoms with Crippen molar-refractivity contribution in [2.24, 2.45) is 0 Å². The zero-order valence-corrected chi connectivity index (χ0v) is 21.4. The number of rotatable bonds is 10. The van der Waals surface area contributed by atoms with Gasteiger partial charge in [0, 0.05) is 31.2 Å². The van der Waals surface area contributed by atoms with Crippen LogP contribution in [-0.2, 0) is 17.5 Å². The van der Waals surface area contributed by atoms with Gasteiger partial charge in [0.2, 0.25) is 5.95 Å². The maximum absolute atomic E-state index is 13.7. The van der Waals surface area contributed by atoms with Gasteiger partial charge in [0.15, 0.2) is 5.78 Å². The molecule has 1 aliphatic heterocycles. The van der Waals surface area contributed by atoms with E-state index in [4.69, 9.17) is 4.74 Å². The van der Waals surface area contributed by atoms with Gasteiger partial charge >= 0.3 is 6.18 Å². The molecule has 13 heteroatoms. The predicted molar refractivity (Wildman–Crippen MR) is 139 cm³/mol. The van der Waals surface area contributed by atoms with Crippen molar-refractivity contribution in [1.82, 2.24) is 20.3 Å². The summed E-state index contributed by atoms with van der Waals surface area (Å²) in [6.07, 6.45) is -0.352. The average Bonchev–Trinajstić information content (AvgIpc) is 3.41. The van der Waals surface area contributed by atoms with Gasteiger partial charge in [-0.15, -0.1) is 0 Å². The molecule has 206 valence electrons. The highest BCUT2D eigenvalue weighted by molar-refractivity contribution is 6.07. The van der Waals surface area contributed by atoms with E-state index < -0.39 is 23.2 Å². The third-order valence-corrected chi connectivity index (χ3v) is 6.32. The maximum Gasteiger partial charge on any atom is 0.416 e. The van der Waals surface area contributed by atoms with Crippen molar-refractivity contribution < 1.29 is 27.5 Å². The number of hydrogen-bond donors (Lipinski definition) is 4. The van der Waals surface area contributed by atoms with E-state index in [1.807, 2.05) is 0 Å². The number of anilines is 3. The summed E-state index contributed by atoms with van der Waals surface area (Å²) < 4.78 is 46.7. The van der Waals surface area contributed by atoms with Crippen molar-refractivity contribution in [3.63, 3.8) is 0 Å². The van der Waals surface area contributed by atoms with Crippen LogP contribution in [0.4, 0.5) is 30.6 Å². The monoisotopic (exact) mass is 543 g/mol. The van der Waals surface area contributed by atoms with Gasteiger partial charge in [-0.25, -0.2) is 15.0 Å². The maximum atomic E-state index is 13.7. The molecular weight excluding hydrogens is 515 g/mol. The van der Waals surface area contributed by atoms with E-state index in [0.717, 1.165) is 18.6 Å². The van der Waals surface area contributed by atoms with Crippen molar-refractivity contribution in [3.05, 3.63) is 65.6 Å². The van der Waals surface area contributed by atoms with Gasteiger partial charge in [-0.2, -0.15) is 13.2 Å². The molecule has 1 aliphatic rings. The summed E-state index contributed by atoms with van der Waals surface area (Å²) in [6.45, 7) is 2.12. The van der Waals surface area contributed by atoms with Gasteiger partial charge in [-0.1, -0.05) is 0 Å². The predicted octanol–water partition coefficient (Wildman–Crippen LogP) is 3.89. The van der Waals surface area contributed by atoms with E-state index in [1.54, 1.807) is 25.4 Å². The molecule has 0 radical (unpaired) electrons. The molecule has 39 heavy (non-hydrogen) atoms. The number of ether oxygens (including phenoxy) is 1. The minimum Gasteiger partial charge on any atom is -0.491 e. The van der Waals surface area contributed by atoms with Crippen LogP contribution >= 0.6 is 0 Å². The molecule has 3 heterocycles. The van der Waals surface area contributed by atoms with E-state index in [1.165, 1.54) is 25.3 Å². The summed E-state index contributed by atoms with van der Waals surface area (Å²) in [5.74, 6) is -0.302. The lowest BCUT2D eigenvalue weighted by atomic mass is 9.94. The lowest BCUT2D eigenvalue weighted by Gasteiger charge is -2.26. The fourth-order valence-electron chi connectivity index (χ4n) is 4.17. The second-order valence-corrected chi connectivity index (χ2v) is 9.03. The minimum absolute atomic E-state index is 0.117. The smallest absolute Gasteiger partial charge is 0.416 e. The quantitative estimate of drug-likeness (QED) is 0.301. The normalized spacial score (nSPS) is 16.9. The highest BCUT2D eigenvalue weighted by Crippen LogP contribution is 2.35. The molecular formula is C26H28F3N7O3. The zero-order valence-electron chi connectivity index (χ0n) is 21.4. The number of pyridine rings is 1. The third-order valence-electron chi connectivity index (χ3n) is 6.32. The number of nitrogens with one attached hydrogen (secondary N) is 4. The Morgan fingerprint density at radius 3 is 2.67 bits per heavy atom. The highest BCUT2D eigenvalue weighted by atomic mass is 19.4. The van der Waals surface area contributed by atoms with Crippen LogP contribution in [0.2, 0.25) is 0 Å². The van der Waals surface area contributed by atoms with Crippen LogP contribution in [0, 0.1) is 0 Å². The Morgan fingerprint density at radius 2 is 1.97 bits per heavy atom. The number of amides is 1. The van der Waals surface area contributed by atoms with E-state index in [0.29, 0.717) is 24.6 Å². The van der Waals surface area contributed by atoms with Crippen molar-refractivity contribution in [2.45, 2.75) is 38.0 Å². The lowest BCUT2D eigenvalue weighted by Crippen LogP contribution is -2.51. The average molecular weight is 544 g/mol. The first kappa shape index (κ1) is 27.8. The van der Waals surface area contributed by atoms with Gasteiger partial charge in [0.05, 0.1) is 23.4 Å². The van der Waals surface area contributed by atoms with Crippen LogP contribution in [0.15, 0.2) is 48.8 Å². The standard InChI is InChI=1S/C26H28F3N7O3/c1-16(37)25(7-4-9-34-25)15-39-20-12-17(26(27,28)29)11-19(13-20)35-23(38)21-5-3-8-31-22(21)33-14-18-6-10-32-24(30-2)36-18/h3,5-6,8,10-13,34H,4,7,9,14-15H2,1-2H3,(H,31,33)(H,35,38)(H,30,32,36)/t25-/m1/s1. The van der Waals surface area contributed by atoms with E-state index in [9.17, 15) is 22.8 Å². The molecule has 3 aromatic rings. The molecule has 1 saturated heterocycles. The Hall–Kier alpha value is -4.26. The number of hydrogen-bond acceptors (Lipinski definition) is 9. The third kappa shape index (κ3) is 6.79. The second-order valence-electron chi connectivity index (χ2n) is 9.03. The van der Waals surface area contributed by atoms with Crippen LogP contribution < -0.4 is 26.0 Å². The largest absolute Gasteiger partial charge is 0.491 e. The Bertz CT molecular complexity index is 1340. The number of Topliss-reactive ketones (excluding diaryl/α,β-unsaturated/α-hetero) is 1. The van der Waals surface area contributed by atoms with Crippen molar-refractivity contribution in [2.75, 3.05) is 36.1 Å². The summed E-state index contributed by atoms with van der Waals surface area (Å²) in [5, 5.41) is 11.5. The van der Waals surface area contributed by atoms with Crippen molar-refractivity contribution in [1.29, 1.82) is 0 Å². The first-order valence-electron chi connectivity index (χ1n) is 12.2. The summed E-state index contributed by atoms with van der Waals surface area (Å²) in [4.78, 5) is 37.8. The summed E-state index contributed by atoms with van der Waals surface area (Å²) in [7, 11) is 1.69. The van der Waals surface area contributed by atoms with Crippen LogP contribution in [0.25, 0.3) is 0 Å². The molecule has 2 aromatic heterocycles. The van der Waals surface area contributed by atoms with Crippen LogP contribution in [0.5, 0.6) is 5.75 Å². The number of carbonyl (C=O) groups excluding carboxylic acids is 2. The molecule has 1 atom stereocenters. The van der Waals surface area contributed by atoms with Crippen molar-refractivity contribution >= 4 is 29.1 Å². The second kappa shape index (κ2) is 11.6.